The Labute approximate surface area is 142 Å². The van der Waals surface area contributed by atoms with Crippen LogP contribution in [0, 0.1) is 11.6 Å². The Hall–Kier alpha value is -3.22. The zero-order valence-corrected chi connectivity index (χ0v) is 13.3. The molecule has 0 saturated heterocycles. The topological polar surface area (TPSA) is 64.6 Å². The van der Waals surface area contributed by atoms with E-state index in [1.165, 1.54) is 0 Å². The zero-order valence-electron chi connectivity index (χ0n) is 13.3. The van der Waals surface area contributed by atoms with Gasteiger partial charge in [-0.3, -0.25) is 5.32 Å². The first kappa shape index (κ1) is 18.1. The fraction of sp³-hybridized carbons (Fsp3) is 0.111. The molecule has 0 saturated carbocycles. The van der Waals surface area contributed by atoms with Crippen LogP contribution < -0.4 is 5.32 Å². The number of benzene rings is 2. The maximum atomic E-state index is 13.7. The molecule has 0 radical (unpaired) electrons. The summed E-state index contributed by atoms with van der Waals surface area (Å²) in [7, 11) is 1.09. The SMILES string of the molecule is COC(=O)C(=Cc1cc(F)ccc1F)NC(=O)OCc1ccccc1. The van der Waals surface area contributed by atoms with E-state index in [9.17, 15) is 18.4 Å². The normalized spacial score (nSPS) is 10.9. The van der Waals surface area contributed by atoms with Gasteiger partial charge in [-0.2, -0.15) is 0 Å². The van der Waals surface area contributed by atoms with Gasteiger partial charge in [0.1, 0.15) is 23.9 Å². The van der Waals surface area contributed by atoms with E-state index in [1.807, 2.05) is 6.07 Å². The minimum absolute atomic E-state index is 0.0184. The maximum absolute atomic E-state index is 13.7. The van der Waals surface area contributed by atoms with Gasteiger partial charge in [0.15, 0.2) is 0 Å². The van der Waals surface area contributed by atoms with Crippen LogP contribution in [0.15, 0.2) is 54.2 Å². The van der Waals surface area contributed by atoms with E-state index in [-0.39, 0.29) is 17.9 Å². The molecule has 25 heavy (non-hydrogen) atoms. The first-order valence-corrected chi connectivity index (χ1v) is 7.22. The summed E-state index contributed by atoms with van der Waals surface area (Å²) in [6.07, 6.45) is 0.0333. The van der Waals surface area contributed by atoms with Gasteiger partial charge in [0.2, 0.25) is 0 Å². The minimum atomic E-state index is -0.933. The summed E-state index contributed by atoms with van der Waals surface area (Å²) in [6.45, 7) is -0.0184. The Morgan fingerprint density at radius 1 is 1.12 bits per heavy atom. The Morgan fingerprint density at radius 3 is 2.52 bits per heavy atom. The van der Waals surface area contributed by atoms with Gasteiger partial charge < -0.3 is 9.47 Å². The number of esters is 1. The van der Waals surface area contributed by atoms with Crippen LogP contribution in [0.5, 0.6) is 0 Å². The number of alkyl carbamates (subject to hydrolysis) is 1. The molecule has 1 amide bonds. The van der Waals surface area contributed by atoms with Crippen LogP contribution in [0.25, 0.3) is 6.08 Å². The molecule has 0 fully saturated rings. The van der Waals surface area contributed by atoms with Crippen molar-refractivity contribution in [1.82, 2.24) is 5.32 Å². The van der Waals surface area contributed by atoms with E-state index in [2.05, 4.69) is 10.1 Å². The number of hydrogen-bond acceptors (Lipinski definition) is 4. The molecule has 0 unspecified atom stereocenters. The quantitative estimate of drug-likeness (QED) is 0.665. The number of methoxy groups -OCH3 is 1. The second kappa shape index (κ2) is 8.58. The number of rotatable bonds is 5. The van der Waals surface area contributed by atoms with Crippen molar-refractivity contribution in [2.75, 3.05) is 7.11 Å². The number of hydrogen-bond donors (Lipinski definition) is 1. The van der Waals surface area contributed by atoms with Crippen molar-refractivity contribution in [3.63, 3.8) is 0 Å². The third kappa shape index (κ3) is 5.42. The molecule has 1 N–H and O–H groups in total. The molecule has 0 bridgehead atoms. The summed E-state index contributed by atoms with van der Waals surface area (Å²) in [5.41, 5.74) is 0.145. The second-order valence-electron chi connectivity index (χ2n) is 4.90. The molecule has 0 spiro atoms. The third-order valence-corrected chi connectivity index (χ3v) is 3.11. The molecule has 2 rings (SSSR count). The van der Waals surface area contributed by atoms with Crippen LogP contribution in [0.2, 0.25) is 0 Å². The van der Waals surface area contributed by atoms with E-state index in [4.69, 9.17) is 4.74 Å². The van der Waals surface area contributed by atoms with E-state index < -0.39 is 23.7 Å². The fourth-order valence-electron chi connectivity index (χ4n) is 1.91. The van der Waals surface area contributed by atoms with E-state index in [0.717, 1.165) is 36.9 Å². The van der Waals surface area contributed by atoms with Crippen LogP contribution >= 0.6 is 0 Å². The van der Waals surface area contributed by atoms with Crippen molar-refractivity contribution < 1.29 is 27.8 Å². The molecule has 0 atom stereocenters. The Bertz CT molecular complexity index is 791. The molecule has 0 aliphatic carbocycles. The predicted octanol–water partition coefficient (Wildman–Crippen LogP) is 3.41. The number of nitrogens with one attached hydrogen (secondary N) is 1. The van der Waals surface area contributed by atoms with Crippen LogP contribution in [0.1, 0.15) is 11.1 Å². The lowest BCUT2D eigenvalue weighted by Crippen LogP contribution is -2.28. The van der Waals surface area contributed by atoms with Gasteiger partial charge in [0.25, 0.3) is 0 Å². The first-order chi connectivity index (χ1) is 12.0. The summed E-state index contributed by atoms with van der Waals surface area (Å²) in [6, 6.07) is 11.6. The van der Waals surface area contributed by atoms with Gasteiger partial charge in [-0.15, -0.1) is 0 Å². The van der Waals surface area contributed by atoms with E-state index >= 15 is 0 Å². The van der Waals surface area contributed by atoms with Gasteiger partial charge >= 0.3 is 12.1 Å². The highest BCUT2D eigenvalue weighted by Crippen LogP contribution is 2.14. The first-order valence-electron chi connectivity index (χ1n) is 7.22. The lowest BCUT2D eigenvalue weighted by atomic mass is 10.1. The molecule has 0 aliphatic heterocycles. The molecule has 0 aromatic heterocycles. The summed E-state index contributed by atoms with van der Waals surface area (Å²) in [5.74, 6) is -2.38. The Kier molecular flexibility index (Phi) is 6.22. The molecule has 0 aliphatic rings. The van der Waals surface area contributed by atoms with Gasteiger partial charge in [0.05, 0.1) is 7.11 Å². The molecule has 0 heterocycles. The fourth-order valence-corrected chi connectivity index (χ4v) is 1.91. The molecule has 5 nitrogen and oxygen atoms in total. The lowest BCUT2D eigenvalue weighted by molar-refractivity contribution is -0.136. The zero-order chi connectivity index (χ0) is 18.2. The van der Waals surface area contributed by atoms with Crippen molar-refractivity contribution >= 4 is 18.1 Å². The van der Waals surface area contributed by atoms with Crippen LogP contribution in [0.3, 0.4) is 0 Å². The maximum Gasteiger partial charge on any atom is 0.412 e. The highest BCUT2D eigenvalue weighted by molar-refractivity contribution is 5.96. The van der Waals surface area contributed by atoms with Crippen LogP contribution in [0.4, 0.5) is 13.6 Å². The molecule has 7 heteroatoms. The average Bonchev–Trinajstić information content (AvgIpc) is 2.62. The van der Waals surface area contributed by atoms with Crippen LogP contribution in [-0.2, 0) is 20.9 Å². The molecule has 2 aromatic rings. The smallest absolute Gasteiger partial charge is 0.412 e. The summed E-state index contributed by atoms with van der Waals surface area (Å²) < 4.78 is 36.4. The molecule has 130 valence electrons. The largest absolute Gasteiger partial charge is 0.464 e. The van der Waals surface area contributed by atoms with Crippen molar-refractivity contribution in [1.29, 1.82) is 0 Å². The van der Waals surface area contributed by atoms with Crippen molar-refractivity contribution in [2.24, 2.45) is 0 Å². The number of carbonyl (C=O) groups excluding carboxylic acids is 2. The van der Waals surface area contributed by atoms with Gasteiger partial charge in [-0.05, 0) is 29.8 Å². The van der Waals surface area contributed by atoms with Crippen molar-refractivity contribution in [3.05, 3.63) is 77.0 Å². The lowest BCUT2D eigenvalue weighted by Gasteiger charge is -2.09. The molecule has 2 aromatic carbocycles. The Balaban J connectivity index is 2.12. The van der Waals surface area contributed by atoms with Gasteiger partial charge in [0, 0.05) is 5.56 Å². The summed E-state index contributed by atoms with van der Waals surface area (Å²) >= 11 is 0. The average molecular weight is 347 g/mol. The molecular formula is C18H15F2NO4. The monoisotopic (exact) mass is 347 g/mol. The number of ether oxygens (including phenoxy) is 2. The minimum Gasteiger partial charge on any atom is -0.464 e. The van der Waals surface area contributed by atoms with Crippen molar-refractivity contribution in [2.45, 2.75) is 6.61 Å². The Morgan fingerprint density at radius 2 is 1.84 bits per heavy atom. The van der Waals surface area contributed by atoms with Gasteiger partial charge in [-0.25, -0.2) is 18.4 Å². The highest BCUT2D eigenvalue weighted by Gasteiger charge is 2.16. The molecular weight excluding hydrogens is 332 g/mol. The number of carbonyl (C=O) groups is 2. The summed E-state index contributed by atoms with van der Waals surface area (Å²) in [4.78, 5) is 23.6. The third-order valence-electron chi connectivity index (χ3n) is 3.11. The number of halogens is 2. The number of amides is 1. The van der Waals surface area contributed by atoms with Crippen LogP contribution in [-0.4, -0.2) is 19.2 Å². The van der Waals surface area contributed by atoms with Crippen molar-refractivity contribution in [3.8, 4) is 0 Å². The van der Waals surface area contributed by atoms with E-state index in [0.29, 0.717) is 0 Å². The van der Waals surface area contributed by atoms with E-state index in [1.54, 1.807) is 24.3 Å². The predicted molar refractivity (Wildman–Crippen MR) is 86.1 cm³/mol. The second-order valence-corrected chi connectivity index (χ2v) is 4.90. The standard InChI is InChI=1S/C18H15F2NO4/c1-24-17(22)16(10-13-9-14(19)7-8-15(13)20)21-18(23)25-11-12-5-3-2-4-6-12/h2-10H,11H2,1H3,(H,21,23). The highest BCUT2D eigenvalue weighted by atomic mass is 19.1. The van der Waals surface area contributed by atoms with Gasteiger partial charge in [-0.1, -0.05) is 30.3 Å². The summed E-state index contributed by atoms with van der Waals surface area (Å²) in [5, 5.41) is 2.17.